The van der Waals surface area contributed by atoms with E-state index >= 15 is 0 Å². The zero-order valence-electron chi connectivity index (χ0n) is 16.2. The molecule has 3 rings (SSSR count). The van der Waals surface area contributed by atoms with Crippen LogP contribution in [0.2, 0.25) is 0 Å². The second kappa shape index (κ2) is 7.72. The topological polar surface area (TPSA) is 93.3 Å². The summed E-state index contributed by atoms with van der Waals surface area (Å²) in [6, 6.07) is 9.91. The van der Waals surface area contributed by atoms with Gasteiger partial charge in [0, 0.05) is 13.6 Å². The normalized spacial score (nSPS) is 11.0. The van der Waals surface area contributed by atoms with Crippen LogP contribution in [0.1, 0.15) is 40.9 Å². The van der Waals surface area contributed by atoms with Crippen LogP contribution in [0.4, 0.5) is 4.79 Å². The molecule has 7 nitrogen and oxygen atoms in total. The van der Waals surface area contributed by atoms with E-state index in [1.165, 1.54) is 29.9 Å². The summed E-state index contributed by atoms with van der Waals surface area (Å²) >= 11 is 0. The molecule has 0 atom stereocenters. The molecule has 2 aromatic carbocycles. The van der Waals surface area contributed by atoms with Crippen molar-refractivity contribution in [2.45, 2.75) is 33.2 Å². The van der Waals surface area contributed by atoms with Gasteiger partial charge in [0.15, 0.2) is 0 Å². The first-order chi connectivity index (χ1) is 13.4. The van der Waals surface area contributed by atoms with Crippen LogP contribution in [0, 0.1) is 0 Å². The highest BCUT2D eigenvalue weighted by atomic mass is 16.4. The molecule has 1 heterocycles. The molecule has 0 saturated carbocycles. The Kier molecular flexibility index (Phi) is 5.35. The lowest BCUT2D eigenvalue weighted by Crippen LogP contribution is -2.38. The number of para-hydroxylation sites is 1. The van der Waals surface area contributed by atoms with Crippen molar-refractivity contribution in [2.24, 2.45) is 7.05 Å². The molecule has 3 aromatic rings. The predicted molar refractivity (Wildman–Crippen MR) is 107 cm³/mol. The Morgan fingerprint density at radius 3 is 2.21 bits per heavy atom. The summed E-state index contributed by atoms with van der Waals surface area (Å²) < 4.78 is 2.24. The van der Waals surface area contributed by atoms with Crippen molar-refractivity contribution in [1.29, 1.82) is 0 Å². The molecular formula is C21H23N3O4. The zero-order chi connectivity index (χ0) is 20.4. The van der Waals surface area contributed by atoms with Gasteiger partial charge in [-0.1, -0.05) is 38.1 Å². The summed E-state index contributed by atoms with van der Waals surface area (Å²) in [5.74, 6) is -1.15. The third-order valence-electron chi connectivity index (χ3n) is 5.05. The molecule has 1 aromatic heterocycles. The van der Waals surface area contributed by atoms with Crippen molar-refractivity contribution < 1.29 is 14.7 Å². The van der Waals surface area contributed by atoms with Crippen LogP contribution in [0.25, 0.3) is 10.9 Å². The van der Waals surface area contributed by atoms with E-state index in [0.29, 0.717) is 6.54 Å². The molecule has 0 saturated heterocycles. The Bertz CT molecular complexity index is 1100. The summed E-state index contributed by atoms with van der Waals surface area (Å²) in [4.78, 5) is 37.0. The highest BCUT2D eigenvalue weighted by molar-refractivity contribution is 6.02. The second-order valence-electron chi connectivity index (χ2n) is 6.57. The van der Waals surface area contributed by atoms with Crippen molar-refractivity contribution in [3.63, 3.8) is 0 Å². The number of carbonyl (C=O) groups excluding carboxylic acids is 1. The Morgan fingerprint density at radius 1 is 1.04 bits per heavy atom. The maximum atomic E-state index is 12.8. The van der Waals surface area contributed by atoms with E-state index in [0.717, 1.165) is 34.2 Å². The number of nitrogens with zero attached hydrogens (tertiary/aromatic N) is 2. The van der Waals surface area contributed by atoms with Crippen LogP contribution >= 0.6 is 0 Å². The first kappa shape index (κ1) is 19.4. The largest absolute Gasteiger partial charge is 0.478 e. The lowest BCUT2D eigenvalue weighted by molar-refractivity contribution is 0.0698. The minimum atomic E-state index is -1.15. The number of aromatic carboxylic acids is 1. The molecule has 28 heavy (non-hydrogen) atoms. The van der Waals surface area contributed by atoms with Crippen molar-refractivity contribution in [1.82, 2.24) is 14.7 Å². The predicted octanol–water partition coefficient (Wildman–Crippen LogP) is 2.92. The third kappa shape index (κ3) is 3.19. The van der Waals surface area contributed by atoms with E-state index in [9.17, 15) is 19.5 Å². The molecular weight excluding hydrogens is 358 g/mol. The Hall–Kier alpha value is -3.35. The molecule has 2 N–H and O–H groups in total. The van der Waals surface area contributed by atoms with Crippen molar-refractivity contribution in [2.75, 3.05) is 0 Å². The van der Waals surface area contributed by atoms with Gasteiger partial charge < -0.3 is 10.4 Å². The number of nitrogens with one attached hydrogen (secondary N) is 1. The average Bonchev–Trinajstić information content (AvgIpc) is 2.96. The van der Waals surface area contributed by atoms with Crippen LogP contribution in [0.15, 0.2) is 41.2 Å². The molecule has 0 fully saturated rings. The van der Waals surface area contributed by atoms with Gasteiger partial charge in [0.05, 0.1) is 16.5 Å². The van der Waals surface area contributed by atoms with E-state index in [2.05, 4.69) is 19.2 Å². The standard InChI is InChI=1S/C21H23N3O4/c1-4-13-8-6-9-14(5-2)17(13)12-22-21(28)24-19(25)15-10-7-11-16(20(26)27)18(15)23(24)3/h6-11H,4-5,12H2,1-3H3,(H,22,28)(H,26,27). The van der Waals surface area contributed by atoms with Crippen molar-refractivity contribution >= 4 is 22.9 Å². The summed E-state index contributed by atoms with van der Waals surface area (Å²) in [5, 5.41) is 12.4. The molecule has 1 amide bonds. The number of fused-ring (bicyclic) bond motifs is 1. The maximum absolute atomic E-state index is 12.8. The van der Waals surface area contributed by atoms with Gasteiger partial charge in [-0.05, 0) is 41.7 Å². The SMILES string of the molecule is CCc1cccc(CC)c1CNC(=O)n1c(=O)c2cccc(C(=O)O)c2n1C. The molecule has 7 heteroatoms. The number of aromatic nitrogens is 2. The zero-order valence-corrected chi connectivity index (χ0v) is 16.2. The summed E-state index contributed by atoms with van der Waals surface area (Å²) in [5.41, 5.74) is 3.01. The monoisotopic (exact) mass is 381 g/mol. The second-order valence-corrected chi connectivity index (χ2v) is 6.57. The minimum absolute atomic E-state index is 0.0201. The van der Waals surface area contributed by atoms with Crippen LogP contribution in [0.3, 0.4) is 0 Å². The number of carbonyl (C=O) groups is 2. The van der Waals surface area contributed by atoms with Gasteiger partial charge in [-0.15, -0.1) is 0 Å². The fraction of sp³-hybridized carbons (Fsp3) is 0.286. The highest BCUT2D eigenvalue weighted by Gasteiger charge is 2.21. The van der Waals surface area contributed by atoms with Gasteiger partial charge in [0.1, 0.15) is 0 Å². The van der Waals surface area contributed by atoms with Crippen LogP contribution in [-0.2, 0) is 26.4 Å². The van der Waals surface area contributed by atoms with Crippen molar-refractivity contribution in [3.05, 3.63) is 69.0 Å². The molecule has 0 aliphatic rings. The van der Waals surface area contributed by atoms with Crippen LogP contribution in [0.5, 0.6) is 0 Å². The quantitative estimate of drug-likeness (QED) is 0.711. The molecule has 0 radical (unpaired) electrons. The van der Waals surface area contributed by atoms with Gasteiger partial charge in [-0.3, -0.25) is 9.48 Å². The Labute approximate surface area is 162 Å². The van der Waals surface area contributed by atoms with E-state index < -0.39 is 17.6 Å². The number of aryl methyl sites for hydroxylation is 3. The van der Waals surface area contributed by atoms with E-state index in [1.54, 1.807) is 0 Å². The first-order valence-electron chi connectivity index (χ1n) is 9.22. The van der Waals surface area contributed by atoms with Crippen molar-refractivity contribution in [3.8, 4) is 0 Å². The number of amides is 1. The smallest absolute Gasteiger partial charge is 0.344 e. The molecule has 0 bridgehead atoms. The van der Waals surface area contributed by atoms with E-state index in [1.807, 2.05) is 18.2 Å². The van der Waals surface area contributed by atoms with Gasteiger partial charge in [0.2, 0.25) is 0 Å². The fourth-order valence-electron chi connectivity index (χ4n) is 3.63. The van der Waals surface area contributed by atoms with Crippen LogP contribution < -0.4 is 10.9 Å². The third-order valence-corrected chi connectivity index (χ3v) is 5.05. The summed E-state index contributed by atoms with van der Waals surface area (Å²) in [6.45, 7) is 4.41. The van der Waals surface area contributed by atoms with E-state index in [4.69, 9.17) is 0 Å². The minimum Gasteiger partial charge on any atom is -0.478 e. The first-order valence-corrected chi connectivity index (χ1v) is 9.22. The summed E-state index contributed by atoms with van der Waals surface area (Å²) in [7, 11) is 1.51. The number of carboxylic acids is 1. The average molecular weight is 381 g/mol. The number of hydrogen-bond acceptors (Lipinski definition) is 3. The van der Waals surface area contributed by atoms with Crippen LogP contribution in [-0.4, -0.2) is 26.5 Å². The Morgan fingerprint density at radius 2 is 1.64 bits per heavy atom. The van der Waals surface area contributed by atoms with E-state index in [-0.39, 0.29) is 16.5 Å². The van der Waals surface area contributed by atoms with Gasteiger partial charge in [0.25, 0.3) is 5.56 Å². The molecule has 0 aliphatic carbocycles. The van der Waals surface area contributed by atoms with Gasteiger partial charge >= 0.3 is 12.0 Å². The maximum Gasteiger partial charge on any atom is 0.344 e. The summed E-state index contributed by atoms with van der Waals surface area (Å²) in [6.07, 6.45) is 1.68. The molecule has 0 aliphatic heterocycles. The number of benzene rings is 2. The lowest BCUT2D eigenvalue weighted by atomic mass is 9.97. The number of carboxylic acid groups (broad SMARTS) is 1. The van der Waals surface area contributed by atoms with Gasteiger partial charge in [-0.2, -0.15) is 4.68 Å². The molecule has 146 valence electrons. The fourth-order valence-corrected chi connectivity index (χ4v) is 3.63. The Balaban J connectivity index is 1.99. The van der Waals surface area contributed by atoms with Gasteiger partial charge in [-0.25, -0.2) is 9.59 Å². The molecule has 0 spiro atoms. The number of hydrogen-bond donors (Lipinski definition) is 2. The molecule has 0 unspecified atom stereocenters. The number of rotatable bonds is 5. The lowest BCUT2D eigenvalue weighted by Gasteiger charge is -2.15. The highest BCUT2D eigenvalue weighted by Crippen LogP contribution is 2.18.